The summed E-state index contributed by atoms with van der Waals surface area (Å²) in [6.45, 7) is 7.33. The fraction of sp³-hybridized carbons (Fsp3) is 0.467. The first-order valence-corrected chi connectivity index (χ1v) is 6.84. The zero-order valence-corrected chi connectivity index (χ0v) is 11.7. The Morgan fingerprint density at radius 3 is 2.74 bits per heavy atom. The van der Waals surface area contributed by atoms with Crippen LogP contribution in [0.15, 0.2) is 29.1 Å². The van der Waals surface area contributed by atoms with Crippen molar-refractivity contribution in [3.05, 3.63) is 40.4 Å². The van der Waals surface area contributed by atoms with Crippen molar-refractivity contribution in [2.75, 3.05) is 6.54 Å². The van der Waals surface area contributed by atoms with E-state index in [2.05, 4.69) is 36.1 Å². The molecule has 0 fully saturated rings. The van der Waals surface area contributed by atoms with Crippen LogP contribution >= 0.6 is 0 Å². The second-order valence-electron chi connectivity index (χ2n) is 5.23. The maximum atomic E-state index is 12.0. The van der Waals surface area contributed by atoms with Crippen molar-refractivity contribution < 1.29 is 0 Å². The summed E-state index contributed by atoms with van der Waals surface area (Å²) in [6, 6.07) is 7.53. The molecule has 19 heavy (non-hydrogen) atoms. The molecule has 1 aromatic heterocycles. The van der Waals surface area contributed by atoms with Crippen LogP contribution in [0, 0.1) is 5.92 Å². The molecule has 0 unspecified atom stereocenters. The molecule has 2 rings (SSSR count). The molecule has 4 heteroatoms. The summed E-state index contributed by atoms with van der Waals surface area (Å²) in [7, 11) is 0. The third kappa shape index (κ3) is 3.20. The van der Waals surface area contributed by atoms with Gasteiger partial charge in [-0.2, -0.15) is 0 Å². The molecule has 0 saturated carbocycles. The van der Waals surface area contributed by atoms with Crippen LogP contribution in [0.1, 0.15) is 39.1 Å². The number of hydrogen-bond donors (Lipinski definition) is 2. The van der Waals surface area contributed by atoms with Crippen LogP contribution in [0.2, 0.25) is 0 Å². The Bertz CT molecular complexity index is 604. The van der Waals surface area contributed by atoms with Gasteiger partial charge in [0, 0.05) is 0 Å². The van der Waals surface area contributed by atoms with E-state index in [9.17, 15) is 4.79 Å². The van der Waals surface area contributed by atoms with E-state index in [1.807, 2.05) is 18.2 Å². The predicted octanol–water partition coefficient (Wildman–Crippen LogP) is 2.62. The number of H-pyrrole nitrogens is 1. The molecule has 0 amide bonds. The highest BCUT2D eigenvalue weighted by molar-refractivity contribution is 5.77. The zero-order chi connectivity index (χ0) is 13.8. The summed E-state index contributed by atoms with van der Waals surface area (Å²) >= 11 is 0. The average Bonchev–Trinajstić information content (AvgIpc) is 2.39. The molecule has 2 N–H and O–H groups in total. The lowest BCUT2D eigenvalue weighted by molar-refractivity contribution is 0.449. The van der Waals surface area contributed by atoms with Crippen molar-refractivity contribution in [2.24, 2.45) is 5.92 Å². The number of hydrogen-bond acceptors (Lipinski definition) is 3. The fourth-order valence-electron chi connectivity index (χ4n) is 2.08. The minimum Gasteiger partial charge on any atom is -0.309 e. The van der Waals surface area contributed by atoms with E-state index < -0.39 is 0 Å². The third-order valence-corrected chi connectivity index (χ3v) is 3.14. The van der Waals surface area contributed by atoms with Crippen LogP contribution in [0.4, 0.5) is 0 Å². The smallest absolute Gasteiger partial charge is 0.258 e. The first-order chi connectivity index (χ1) is 9.11. The van der Waals surface area contributed by atoms with Crippen LogP contribution in [-0.4, -0.2) is 16.5 Å². The molecule has 0 aliphatic rings. The Morgan fingerprint density at radius 1 is 1.32 bits per heavy atom. The van der Waals surface area contributed by atoms with Gasteiger partial charge in [0.15, 0.2) is 0 Å². The normalized spacial score (nSPS) is 13.1. The molecule has 1 heterocycles. The number of fused-ring (bicyclic) bond motifs is 1. The van der Waals surface area contributed by atoms with Gasteiger partial charge < -0.3 is 10.3 Å². The highest BCUT2D eigenvalue weighted by Gasteiger charge is 2.13. The Labute approximate surface area is 113 Å². The molecule has 0 saturated heterocycles. The lowest BCUT2D eigenvalue weighted by atomic mass is 10.1. The van der Waals surface area contributed by atoms with Crippen molar-refractivity contribution in [3.8, 4) is 0 Å². The van der Waals surface area contributed by atoms with Gasteiger partial charge in [-0.05, 0) is 31.0 Å². The molecule has 1 atom stereocenters. The van der Waals surface area contributed by atoms with E-state index in [1.54, 1.807) is 6.07 Å². The second-order valence-corrected chi connectivity index (χ2v) is 5.23. The summed E-state index contributed by atoms with van der Waals surface area (Å²) in [5.74, 6) is 1.30. The van der Waals surface area contributed by atoms with Crippen molar-refractivity contribution in [1.29, 1.82) is 0 Å². The number of benzene rings is 1. The summed E-state index contributed by atoms with van der Waals surface area (Å²) in [5, 5.41) is 4.09. The Balaban J connectivity index is 2.35. The molecule has 2 aromatic rings. The van der Waals surface area contributed by atoms with Crippen LogP contribution < -0.4 is 10.9 Å². The quantitative estimate of drug-likeness (QED) is 0.867. The van der Waals surface area contributed by atoms with E-state index in [1.165, 1.54) is 0 Å². The van der Waals surface area contributed by atoms with Crippen molar-refractivity contribution >= 4 is 10.9 Å². The number of para-hydroxylation sites is 1. The van der Waals surface area contributed by atoms with Gasteiger partial charge in [-0.3, -0.25) is 4.79 Å². The molecule has 4 nitrogen and oxygen atoms in total. The minimum absolute atomic E-state index is 0.0644. The van der Waals surface area contributed by atoms with Gasteiger partial charge >= 0.3 is 0 Å². The predicted molar refractivity (Wildman–Crippen MR) is 78.2 cm³/mol. The first kappa shape index (κ1) is 13.7. The van der Waals surface area contributed by atoms with Gasteiger partial charge in [-0.25, -0.2) is 4.98 Å². The standard InChI is InChI=1S/C15H21N3O/c1-4-12(16-9-10(2)3)14-17-13-8-6-5-7-11(13)15(19)18-14/h5-8,10,12,16H,4,9H2,1-3H3,(H,17,18,19)/t12-/m0/s1. The van der Waals surface area contributed by atoms with Crippen LogP contribution in [0.25, 0.3) is 10.9 Å². The SMILES string of the molecule is CC[C@H](NCC(C)C)c1nc2ccccc2c(=O)[nH]1. The lowest BCUT2D eigenvalue weighted by Gasteiger charge is -2.17. The summed E-state index contributed by atoms with van der Waals surface area (Å²) in [5.41, 5.74) is 0.691. The minimum atomic E-state index is -0.0644. The van der Waals surface area contributed by atoms with Gasteiger partial charge in [-0.1, -0.05) is 32.9 Å². The number of rotatable bonds is 5. The Hall–Kier alpha value is -1.68. The lowest BCUT2D eigenvalue weighted by Crippen LogP contribution is -2.28. The molecular weight excluding hydrogens is 238 g/mol. The number of aromatic nitrogens is 2. The molecule has 0 aliphatic heterocycles. The van der Waals surface area contributed by atoms with Gasteiger partial charge in [0.2, 0.25) is 0 Å². The summed E-state index contributed by atoms with van der Waals surface area (Å²) in [6.07, 6.45) is 0.897. The monoisotopic (exact) mass is 259 g/mol. The largest absolute Gasteiger partial charge is 0.309 e. The zero-order valence-electron chi connectivity index (χ0n) is 11.7. The Morgan fingerprint density at radius 2 is 2.05 bits per heavy atom. The molecule has 0 bridgehead atoms. The van der Waals surface area contributed by atoms with Gasteiger partial charge in [0.1, 0.15) is 5.82 Å². The van der Waals surface area contributed by atoms with Crippen LogP contribution in [0.3, 0.4) is 0 Å². The molecule has 0 spiro atoms. The summed E-state index contributed by atoms with van der Waals surface area (Å²) < 4.78 is 0. The van der Waals surface area contributed by atoms with Crippen molar-refractivity contribution in [1.82, 2.24) is 15.3 Å². The topological polar surface area (TPSA) is 57.8 Å². The van der Waals surface area contributed by atoms with Gasteiger partial charge in [0.25, 0.3) is 5.56 Å². The number of nitrogens with one attached hydrogen (secondary N) is 2. The van der Waals surface area contributed by atoms with E-state index >= 15 is 0 Å². The van der Waals surface area contributed by atoms with E-state index in [4.69, 9.17) is 0 Å². The number of aromatic amines is 1. The molecule has 1 aromatic carbocycles. The van der Waals surface area contributed by atoms with Crippen molar-refractivity contribution in [3.63, 3.8) is 0 Å². The third-order valence-electron chi connectivity index (χ3n) is 3.14. The highest BCUT2D eigenvalue weighted by atomic mass is 16.1. The molecule has 0 radical (unpaired) electrons. The summed E-state index contributed by atoms with van der Waals surface area (Å²) in [4.78, 5) is 19.5. The average molecular weight is 259 g/mol. The molecule has 0 aliphatic carbocycles. The first-order valence-electron chi connectivity index (χ1n) is 6.84. The van der Waals surface area contributed by atoms with E-state index in [0.29, 0.717) is 11.3 Å². The Kier molecular flexibility index (Phi) is 4.32. The molecule has 102 valence electrons. The van der Waals surface area contributed by atoms with Crippen LogP contribution in [-0.2, 0) is 0 Å². The van der Waals surface area contributed by atoms with Crippen molar-refractivity contribution in [2.45, 2.75) is 33.2 Å². The van der Waals surface area contributed by atoms with Gasteiger partial charge in [-0.15, -0.1) is 0 Å². The van der Waals surface area contributed by atoms with Crippen LogP contribution in [0.5, 0.6) is 0 Å². The van der Waals surface area contributed by atoms with E-state index in [0.717, 1.165) is 24.3 Å². The maximum absolute atomic E-state index is 12.0. The molecular formula is C15H21N3O. The highest BCUT2D eigenvalue weighted by Crippen LogP contribution is 2.14. The second kappa shape index (κ2) is 5.97. The van der Waals surface area contributed by atoms with Gasteiger partial charge in [0.05, 0.1) is 16.9 Å². The number of nitrogens with zero attached hydrogens (tertiary/aromatic N) is 1. The fourth-order valence-corrected chi connectivity index (χ4v) is 2.08. The maximum Gasteiger partial charge on any atom is 0.258 e. The van der Waals surface area contributed by atoms with E-state index in [-0.39, 0.29) is 11.6 Å².